The van der Waals surface area contributed by atoms with Gasteiger partial charge in [0.15, 0.2) is 11.5 Å². The van der Waals surface area contributed by atoms with Crippen LogP contribution < -0.4 is 10.6 Å². The minimum absolute atomic E-state index is 0.0185. The lowest BCUT2D eigenvalue weighted by Gasteiger charge is -2.33. The Kier molecular flexibility index (Phi) is 13.7. The van der Waals surface area contributed by atoms with Crippen LogP contribution in [-0.2, 0) is 21.9 Å². The van der Waals surface area contributed by atoms with Crippen molar-refractivity contribution in [3.63, 3.8) is 0 Å². The molecule has 20 heteroatoms. The molecule has 2 fully saturated rings. The van der Waals surface area contributed by atoms with Crippen LogP contribution in [0.15, 0.2) is 82.0 Å². The van der Waals surface area contributed by atoms with Gasteiger partial charge in [0.2, 0.25) is 11.8 Å². The number of nitrogens with one attached hydrogen (secondary N) is 2. The largest absolute Gasteiger partial charge is 0.459 e. The lowest BCUT2D eigenvalue weighted by molar-refractivity contribution is -0.138. The monoisotopic (exact) mass is 830 g/mol. The van der Waals surface area contributed by atoms with Gasteiger partial charge in [0, 0.05) is 52.4 Å². The van der Waals surface area contributed by atoms with Gasteiger partial charge in [-0.1, -0.05) is 23.2 Å². The molecule has 2 N–H and O–H groups in total. The zero-order chi connectivity index (χ0) is 40.6. The number of carbonyl (C=O) groups is 4. The maximum atomic E-state index is 12.8. The lowest BCUT2D eigenvalue weighted by Crippen LogP contribution is -2.50. The first-order valence-corrected chi connectivity index (χ1v) is 17.7. The van der Waals surface area contributed by atoms with Crippen LogP contribution in [-0.4, -0.2) is 109 Å². The van der Waals surface area contributed by atoms with Gasteiger partial charge in [-0.05, 0) is 60.7 Å². The summed E-state index contributed by atoms with van der Waals surface area (Å²) in [6.45, 7) is 3.44. The van der Waals surface area contributed by atoms with Crippen LogP contribution in [0.2, 0.25) is 10.0 Å². The summed E-state index contributed by atoms with van der Waals surface area (Å²) in [5.41, 5.74) is -1.96. The number of rotatable bonds is 8. The predicted octanol–water partition coefficient (Wildman–Crippen LogP) is 6.70. The molecule has 2 aromatic carbocycles. The Balaban J connectivity index is 0.000000214. The number of hydrogen-bond donors (Lipinski definition) is 2. The van der Waals surface area contributed by atoms with E-state index in [4.69, 9.17) is 32.0 Å². The Morgan fingerprint density at radius 1 is 0.571 bits per heavy atom. The molecule has 2 aliphatic rings. The second-order valence-electron chi connectivity index (χ2n) is 12.6. The van der Waals surface area contributed by atoms with Gasteiger partial charge in [-0.15, -0.1) is 0 Å². The highest BCUT2D eigenvalue weighted by Gasteiger charge is 2.33. The summed E-state index contributed by atoms with van der Waals surface area (Å²) in [5.74, 6) is -0.885. The number of piperazine rings is 2. The van der Waals surface area contributed by atoms with Crippen LogP contribution in [0.25, 0.3) is 0 Å². The summed E-state index contributed by atoms with van der Waals surface area (Å²) >= 11 is 11.8. The molecule has 4 amide bonds. The van der Waals surface area contributed by atoms with Gasteiger partial charge in [-0.25, -0.2) is 0 Å². The lowest BCUT2D eigenvalue weighted by atomic mass is 10.2. The van der Waals surface area contributed by atoms with E-state index in [1.54, 1.807) is 34.1 Å². The molecular formula is C36H34Cl2F6N6O6. The van der Waals surface area contributed by atoms with Crippen molar-refractivity contribution in [2.24, 2.45) is 0 Å². The number of amides is 4. The molecule has 2 aliphatic heterocycles. The maximum Gasteiger partial charge on any atom is 0.416 e. The average molecular weight is 832 g/mol. The Bertz CT molecular complexity index is 1840. The van der Waals surface area contributed by atoms with Crippen molar-refractivity contribution in [1.82, 2.24) is 19.6 Å². The molecule has 4 heterocycles. The fourth-order valence-electron chi connectivity index (χ4n) is 5.71. The zero-order valence-corrected chi connectivity index (χ0v) is 30.8. The van der Waals surface area contributed by atoms with Gasteiger partial charge in [0.25, 0.3) is 11.8 Å². The van der Waals surface area contributed by atoms with E-state index in [1.165, 1.54) is 12.5 Å². The molecule has 56 heavy (non-hydrogen) atoms. The van der Waals surface area contributed by atoms with Crippen LogP contribution in [0.3, 0.4) is 0 Å². The van der Waals surface area contributed by atoms with Crippen molar-refractivity contribution >= 4 is 58.2 Å². The van der Waals surface area contributed by atoms with E-state index in [9.17, 15) is 45.5 Å². The van der Waals surface area contributed by atoms with E-state index in [0.717, 1.165) is 36.4 Å². The summed E-state index contributed by atoms with van der Waals surface area (Å²) in [7, 11) is 0. The van der Waals surface area contributed by atoms with Gasteiger partial charge in [-0.3, -0.25) is 29.0 Å². The molecule has 0 saturated carbocycles. The van der Waals surface area contributed by atoms with Crippen molar-refractivity contribution < 1.29 is 54.4 Å². The van der Waals surface area contributed by atoms with Gasteiger partial charge in [0.1, 0.15) is 0 Å². The first-order chi connectivity index (χ1) is 26.5. The molecule has 0 spiro atoms. The van der Waals surface area contributed by atoms with Crippen LogP contribution in [0.1, 0.15) is 32.2 Å². The molecule has 2 aromatic heterocycles. The summed E-state index contributed by atoms with van der Waals surface area (Å²) in [6.07, 6.45) is -6.21. The summed E-state index contributed by atoms with van der Waals surface area (Å²) in [6, 6.07) is 11.9. The van der Waals surface area contributed by atoms with E-state index in [2.05, 4.69) is 10.6 Å². The number of anilines is 2. The topological polar surface area (TPSA) is 132 Å². The quantitative estimate of drug-likeness (QED) is 0.188. The molecule has 0 bridgehead atoms. The van der Waals surface area contributed by atoms with Crippen LogP contribution in [0.4, 0.5) is 37.7 Å². The summed E-state index contributed by atoms with van der Waals surface area (Å²) < 4.78 is 87.0. The number of alkyl halides is 6. The van der Waals surface area contributed by atoms with E-state index in [1.807, 2.05) is 9.80 Å². The summed E-state index contributed by atoms with van der Waals surface area (Å²) in [5, 5.41) is 4.88. The molecular weight excluding hydrogens is 797 g/mol. The number of furan rings is 2. The number of carbonyl (C=O) groups excluding carboxylic acids is 4. The normalized spacial score (nSPS) is 15.5. The van der Waals surface area contributed by atoms with Gasteiger partial charge >= 0.3 is 12.4 Å². The first kappa shape index (κ1) is 42.1. The number of halogens is 8. The van der Waals surface area contributed by atoms with Gasteiger partial charge in [-0.2, -0.15) is 26.3 Å². The van der Waals surface area contributed by atoms with Crippen LogP contribution in [0.5, 0.6) is 0 Å². The SMILES string of the molecule is O=C(CN1CCN(C(=O)c2ccco2)CC1)Nc1cc(C(F)(F)F)ccc1Cl.O=C(CN1CCN(C(=O)c2ccco2)CC1)Nc1cc(C(F)(F)F)ccc1Cl. The van der Waals surface area contributed by atoms with E-state index < -0.39 is 35.3 Å². The third-order valence-electron chi connectivity index (χ3n) is 8.65. The van der Waals surface area contributed by atoms with Crippen molar-refractivity contribution in [3.8, 4) is 0 Å². The highest BCUT2D eigenvalue weighted by Crippen LogP contribution is 2.35. The van der Waals surface area contributed by atoms with Gasteiger partial charge < -0.3 is 29.3 Å². The molecule has 12 nitrogen and oxygen atoms in total. The number of nitrogens with zero attached hydrogens (tertiary/aromatic N) is 4. The molecule has 4 aromatic rings. The predicted molar refractivity (Wildman–Crippen MR) is 192 cm³/mol. The smallest absolute Gasteiger partial charge is 0.416 e. The third kappa shape index (κ3) is 11.5. The zero-order valence-electron chi connectivity index (χ0n) is 29.3. The molecule has 2 saturated heterocycles. The van der Waals surface area contributed by atoms with Crippen molar-refractivity contribution in [2.45, 2.75) is 12.4 Å². The molecule has 0 atom stereocenters. The number of benzene rings is 2. The minimum Gasteiger partial charge on any atom is -0.459 e. The fraction of sp³-hybridized carbons (Fsp3) is 0.333. The van der Waals surface area contributed by atoms with E-state index in [0.29, 0.717) is 52.4 Å². The second-order valence-corrected chi connectivity index (χ2v) is 13.4. The van der Waals surface area contributed by atoms with Crippen molar-refractivity contribution in [1.29, 1.82) is 0 Å². The highest BCUT2D eigenvalue weighted by molar-refractivity contribution is 6.34. The van der Waals surface area contributed by atoms with Crippen LogP contribution >= 0.6 is 23.2 Å². The molecule has 0 unspecified atom stereocenters. The highest BCUT2D eigenvalue weighted by atomic mass is 35.5. The summed E-state index contributed by atoms with van der Waals surface area (Å²) in [4.78, 5) is 55.7. The Morgan fingerprint density at radius 3 is 1.23 bits per heavy atom. The first-order valence-electron chi connectivity index (χ1n) is 16.9. The van der Waals surface area contributed by atoms with Crippen molar-refractivity contribution in [2.75, 3.05) is 76.1 Å². The standard InChI is InChI=1S/2C18H17ClF3N3O3/c2*19-13-4-3-12(18(20,21)22)10-14(13)23-16(26)11-24-5-7-25(8-6-24)17(27)15-2-1-9-28-15/h2*1-4,9-10H,5-8,11H2,(H,23,26). The Morgan fingerprint density at radius 2 is 0.929 bits per heavy atom. The van der Waals surface area contributed by atoms with Crippen molar-refractivity contribution in [3.05, 3.63) is 106 Å². The Labute approximate surface area is 325 Å². The second kappa shape index (κ2) is 18.3. The molecule has 6 rings (SSSR count). The Hall–Kier alpha value is -5.04. The third-order valence-corrected chi connectivity index (χ3v) is 9.31. The minimum atomic E-state index is -4.53. The molecule has 300 valence electrons. The van der Waals surface area contributed by atoms with E-state index >= 15 is 0 Å². The molecule has 0 radical (unpaired) electrons. The van der Waals surface area contributed by atoms with Crippen LogP contribution in [0, 0.1) is 0 Å². The number of hydrogen-bond acceptors (Lipinski definition) is 8. The van der Waals surface area contributed by atoms with E-state index in [-0.39, 0.29) is 57.8 Å². The van der Waals surface area contributed by atoms with Gasteiger partial charge in [0.05, 0.1) is 58.2 Å². The molecule has 0 aliphatic carbocycles. The maximum absolute atomic E-state index is 12.8. The average Bonchev–Trinajstić information content (AvgIpc) is 3.89. The fourth-order valence-corrected chi connectivity index (χ4v) is 6.04.